The minimum atomic E-state index is -1.26. The molecule has 6 heteroatoms. The third-order valence-corrected chi connectivity index (χ3v) is 3.60. The van der Waals surface area contributed by atoms with Crippen LogP contribution in [-0.2, 0) is 14.3 Å². The lowest BCUT2D eigenvalue weighted by molar-refractivity contribution is -0.149. The smallest absolute Gasteiger partial charge is 0.329 e. The van der Waals surface area contributed by atoms with E-state index in [0.29, 0.717) is 13.0 Å². The van der Waals surface area contributed by atoms with Gasteiger partial charge in [-0.05, 0) is 20.3 Å². The lowest BCUT2D eigenvalue weighted by Gasteiger charge is -2.32. The van der Waals surface area contributed by atoms with E-state index in [-0.39, 0.29) is 12.5 Å². The van der Waals surface area contributed by atoms with Gasteiger partial charge in [-0.2, -0.15) is 0 Å². The van der Waals surface area contributed by atoms with Crippen molar-refractivity contribution in [1.82, 2.24) is 5.32 Å². The van der Waals surface area contributed by atoms with Gasteiger partial charge in [-0.25, -0.2) is 4.79 Å². The molecule has 17 heavy (non-hydrogen) atoms. The molecule has 0 aromatic rings. The van der Waals surface area contributed by atoms with Crippen LogP contribution in [0.3, 0.4) is 0 Å². The van der Waals surface area contributed by atoms with Crippen LogP contribution in [0.1, 0.15) is 27.2 Å². The lowest BCUT2D eigenvalue weighted by atomic mass is 9.83. The van der Waals surface area contributed by atoms with Crippen molar-refractivity contribution in [1.29, 1.82) is 0 Å². The van der Waals surface area contributed by atoms with E-state index in [0.717, 1.165) is 0 Å². The minimum absolute atomic E-state index is 0.222. The van der Waals surface area contributed by atoms with Gasteiger partial charge in [0.25, 0.3) is 0 Å². The maximum atomic E-state index is 12.1. The molecule has 0 radical (unpaired) electrons. The summed E-state index contributed by atoms with van der Waals surface area (Å²) in [4.78, 5) is 23.2. The zero-order valence-electron chi connectivity index (χ0n) is 10.4. The second kappa shape index (κ2) is 4.62. The van der Waals surface area contributed by atoms with Crippen LogP contribution >= 0.6 is 0 Å². The second-order valence-electron chi connectivity index (χ2n) is 4.98. The first-order chi connectivity index (χ1) is 7.76. The van der Waals surface area contributed by atoms with Crippen LogP contribution in [0.4, 0.5) is 0 Å². The van der Waals surface area contributed by atoms with Crippen molar-refractivity contribution in [2.75, 3.05) is 13.2 Å². The van der Waals surface area contributed by atoms with E-state index in [4.69, 9.17) is 15.6 Å². The van der Waals surface area contributed by atoms with E-state index in [2.05, 4.69) is 5.32 Å². The molecule has 1 aliphatic heterocycles. The number of hydrogen-bond acceptors (Lipinski definition) is 4. The predicted octanol–water partition coefficient (Wildman–Crippen LogP) is -0.280. The zero-order valence-corrected chi connectivity index (χ0v) is 10.4. The molecule has 98 valence electrons. The maximum absolute atomic E-state index is 12.1. The van der Waals surface area contributed by atoms with E-state index in [1.54, 1.807) is 13.8 Å². The number of aliphatic carboxylic acids is 1. The molecule has 1 heterocycles. The molecule has 1 saturated heterocycles. The molecule has 6 nitrogen and oxygen atoms in total. The van der Waals surface area contributed by atoms with E-state index < -0.39 is 23.0 Å². The third-order valence-electron chi connectivity index (χ3n) is 3.60. The number of amides is 1. The van der Waals surface area contributed by atoms with Gasteiger partial charge in [-0.1, -0.05) is 6.92 Å². The van der Waals surface area contributed by atoms with Crippen LogP contribution in [0.2, 0.25) is 0 Å². The summed E-state index contributed by atoms with van der Waals surface area (Å²) >= 11 is 0. The third kappa shape index (κ3) is 2.42. The number of ether oxygens (including phenoxy) is 1. The van der Waals surface area contributed by atoms with Gasteiger partial charge in [0.1, 0.15) is 5.54 Å². The van der Waals surface area contributed by atoms with Crippen molar-refractivity contribution < 1.29 is 19.4 Å². The van der Waals surface area contributed by atoms with Crippen LogP contribution in [0, 0.1) is 5.41 Å². The summed E-state index contributed by atoms with van der Waals surface area (Å²) in [6.45, 7) is 5.43. The van der Waals surface area contributed by atoms with Gasteiger partial charge >= 0.3 is 5.97 Å². The van der Waals surface area contributed by atoms with Gasteiger partial charge < -0.3 is 20.9 Å². The molecule has 1 rings (SSSR count). The Hall–Kier alpha value is -1.14. The van der Waals surface area contributed by atoms with Crippen molar-refractivity contribution in [3.8, 4) is 0 Å². The Bertz CT molecular complexity index is 333. The highest BCUT2D eigenvalue weighted by Gasteiger charge is 2.47. The Morgan fingerprint density at radius 2 is 2.24 bits per heavy atom. The highest BCUT2D eigenvalue weighted by Crippen LogP contribution is 2.28. The quantitative estimate of drug-likeness (QED) is 0.631. The first-order valence-corrected chi connectivity index (χ1v) is 5.65. The van der Waals surface area contributed by atoms with Crippen molar-refractivity contribution in [2.24, 2.45) is 11.1 Å². The molecule has 3 atom stereocenters. The van der Waals surface area contributed by atoms with E-state index >= 15 is 0 Å². The molecule has 0 saturated carbocycles. The van der Waals surface area contributed by atoms with E-state index in [1.807, 2.05) is 0 Å². The summed E-state index contributed by atoms with van der Waals surface area (Å²) in [5, 5.41) is 11.7. The Morgan fingerprint density at radius 3 is 2.59 bits per heavy atom. The van der Waals surface area contributed by atoms with Crippen molar-refractivity contribution in [2.45, 2.75) is 38.8 Å². The van der Waals surface area contributed by atoms with E-state index in [9.17, 15) is 9.59 Å². The fourth-order valence-corrected chi connectivity index (χ4v) is 1.61. The molecule has 0 aliphatic carbocycles. The summed E-state index contributed by atoms with van der Waals surface area (Å²) in [5.74, 6) is -1.42. The number of carboxylic acids is 1. The van der Waals surface area contributed by atoms with Gasteiger partial charge in [-0.3, -0.25) is 4.79 Å². The number of carbonyl (C=O) groups is 2. The molecular formula is C11H20N2O4. The summed E-state index contributed by atoms with van der Waals surface area (Å²) in [6, 6.07) is -0.405. The first kappa shape index (κ1) is 13.9. The highest BCUT2D eigenvalue weighted by atomic mass is 16.5. The minimum Gasteiger partial charge on any atom is -0.480 e. The van der Waals surface area contributed by atoms with Crippen molar-refractivity contribution in [3.63, 3.8) is 0 Å². The maximum Gasteiger partial charge on any atom is 0.329 e. The Labute approximate surface area is 101 Å². The van der Waals surface area contributed by atoms with Gasteiger partial charge in [0, 0.05) is 6.04 Å². The first-order valence-electron chi connectivity index (χ1n) is 5.65. The highest BCUT2D eigenvalue weighted by molar-refractivity contribution is 5.90. The fourth-order valence-electron chi connectivity index (χ4n) is 1.61. The summed E-state index contributed by atoms with van der Waals surface area (Å²) in [5.41, 5.74) is 3.70. The molecule has 0 bridgehead atoms. The predicted molar refractivity (Wildman–Crippen MR) is 61.4 cm³/mol. The van der Waals surface area contributed by atoms with Crippen LogP contribution in [0.5, 0.6) is 0 Å². The number of nitrogens with two attached hydrogens (primary N) is 1. The van der Waals surface area contributed by atoms with Crippen LogP contribution in [-0.4, -0.2) is 41.8 Å². The average molecular weight is 244 g/mol. The van der Waals surface area contributed by atoms with Gasteiger partial charge in [0.15, 0.2) is 0 Å². The second-order valence-corrected chi connectivity index (χ2v) is 4.98. The van der Waals surface area contributed by atoms with Gasteiger partial charge in [0.05, 0.1) is 18.6 Å². The van der Waals surface area contributed by atoms with Crippen LogP contribution in [0.25, 0.3) is 0 Å². The van der Waals surface area contributed by atoms with Crippen molar-refractivity contribution >= 4 is 11.9 Å². The lowest BCUT2D eigenvalue weighted by Crippen LogP contribution is -2.59. The number of hydrogen-bond donors (Lipinski definition) is 3. The number of carboxylic acid groups (broad SMARTS) is 1. The molecule has 3 unspecified atom stereocenters. The molecule has 1 aliphatic rings. The largest absolute Gasteiger partial charge is 0.480 e. The SMILES string of the molecule is CCC(C)(NC(=O)C1(C)COCC1N)C(=O)O. The summed E-state index contributed by atoms with van der Waals surface area (Å²) in [7, 11) is 0. The molecule has 1 amide bonds. The molecule has 0 spiro atoms. The number of carbonyl (C=O) groups excluding carboxylic acids is 1. The summed E-state index contributed by atoms with van der Waals surface area (Å²) < 4.78 is 5.17. The molecule has 4 N–H and O–H groups in total. The zero-order chi connectivity index (χ0) is 13.3. The number of rotatable bonds is 4. The summed E-state index contributed by atoms with van der Waals surface area (Å²) in [6.07, 6.45) is 0.306. The van der Waals surface area contributed by atoms with Crippen molar-refractivity contribution in [3.05, 3.63) is 0 Å². The standard InChI is InChI=1S/C11H20N2O4/c1-4-11(3,9(15)16)13-8(14)10(2)6-17-5-7(10)12/h7H,4-6,12H2,1-3H3,(H,13,14)(H,15,16). The topological polar surface area (TPSA) is 102 Å². The molecule has 1 fully saturated rings. The Kier molecular flexibility index (Phi) is 3.78. The Morgan fingerprint density at radius 1 is 1.65 bits per heavy atom. The molecular weight excluding hydrogens is 224 g/mol. The van der Waals surface area contributed by atoms with Gasteiger partial charge in [-0.15, -0.1) is 0 Å². The average Bonchev–Trinajstić information content (AvgIpc) is 2.60. The fraction of sp³-hybridized carbons (Fsp3) is 0.818. The van der Waals surface area contributed by atoms with E-state index in [1.165, 1.54) is 6.92 Å². The Balaban J connectivity index is 2.81. The van der Waals surface area contributed by atoms with Crippen LogP contribution in [0.15, 0.2) is 0 Å². The monoisotopic (exact) mass is 244 g/mol. The molecule has 0 aromatic heterocycles. The van der Waals surface area contributed by atoms with Crippen LogP contribution < -0.4 is 11.1 Å². The van der Waals surface area contributed by atoms with Gasteiger partial charge in [0.2, 0.25) is 5.91 Å². The molecule has 0 aromatic carbocycles. The normalized spacial score (nSPS) is 31.9. The number of nitrogens with one attached hydrogen (secondary N) is 1.